The van der Waals surface area contributed by atoms with Crippen LogP contribution in [0, 0.1) is 37.5 Å². The second kappa shape index (κ2) is 34.5. The van der Waals surface area contributed by atoms with E-state index in [-0.39, 0.29) is 49.1 Å². The summed E-state index contributed by atoms with van der Waals surface area (Å²) in [6.07, 6.45) is -7.06. The number of ether oxygens (including phenoxy) is 9. The molecule has 0 unspecified atom stereocenters. The van der Waals surface area contributed by atoms with Crippen LogP contribution in [0.3, 0.4) is 0 Å². The maximum absolute atomic E-state index is 13.8. The molecule has 492 valence electrons. The van der Waals surface area contributed by atoms with Crippen molar-refractivity contribution in [2.75, 3.05) is 52.0 Å². The summed E-state index contributed by atoms with van der Waals surface area (Å²) in [4.78, 5) is 49.7. The first kappa shape index (κ1) is 74.7. The van der Waals surface area contributed by atoms with Gasteiger partial charge in [0, 0.05) is 61.9 Å². The van der Waals surface area contributed by atoms with E-state index in [0.29, 0.717) is 29.1 Å². The number of rotatable bonds is 17. The van der Waals surface area contributed by atoms with Gasteiger partial charge in [0.05, 0.1) is 66.7 Å². The van der Waals surface area contributed by atoms with Crippen LogP contribution in [-0.2, 0) is 67.0 Å². The van der Waals surface area contributed by atoms with E-state index in [1.807, 2.05) is 19.9 Å². The van der Waals surface area contributed by atoms with Crippen LogP contribution in [0.4, 0.5) is 11.6 Å². The minimum absolute atomic E-state index is 0.00788. The fourth-order valence-electron chi connectivity index (χ4n) is 11.1. The smallest absolute Gasteiger partial charge is 0.308 e. The molecule has 0 radical (unpaired) electrons. The van der Waals surface area contributed by atoms with Gasteiger partial charge in [-0.3, -0.25) is 9.59 Å². The molecule has 21 atom stereocenters. The number of aliphatic hydroxyl groups excluding tert-OH is 5. The lowest BCUT2D eigenvalue weighted by Gasteiger charge is -2.50. The number of cyclic esters (lactones) is 1. The van der Waals surface area contributed by atoms with E-state index in [2.05, 4.69) is 21.3 Å². The zero-order valence-corrected chi connectivity index (χ0v) is 53.5. The van der Waals surface area contributed by atoms with E-state index in [0.717, 1.165) is 6.29 Å². The van der Waals surface area contributed by atoms with Gasteiger partial charge in [-0.05, 0) is 118 Å². The van der Waals surface area contributed by atoms with Gasteiger partial charge in [-0.1, -0.05) is 44.6 Å². The first-order valence-electron chi connectivity index (χ1n) is 29.4. The summed E-state index contributed by atoms with van der Waals surface area (Å²) in [6, 6.07) is 6.93. The second-order valence-electron chi connectivity index (χ2n) is 23.4. The molecule has 0 aliphatic carbocycles. The van der Waals surface area contributed by atoms with Gasteiger partial charge in [-0.2, -0.15) is 0 Å². The number of sulfonamides is 1. The third kappa shape index (κ3) is 21.2. The van der Waals surface area contributed by atoms with Crippen LogP contribution in [0.1, 0.15) is 98.9 Å². The Bertz CT molecular complexity index is 2650. The zero-order chi connectivity index (χ0) is 65.2. The molecule has 2 aromatic rings. The van der Waals surface area contributed by atoms with Crippen LogP contribution in [-0.4, -0.2) is 217 Å². The minimum atomic E-state index is -3.69. The number of hydrogen-bond donors (Lipinski definition) is 8. The van der Waals surface area contributed by atoms with E-state index in [4.69, 9.17) is 53.5 Å². The van der Waals surface area contributed by atoms with Crippen molar-refractivity contribution in [3.05, 3.63) is 78.2 Å². The molecule has 9 N–H and O–H groups in total. The van der Waals surface area contributed by atoms with Gasteiger partial charge in [0.1, 0.15) is 49.0 Å². The van der Waals surface area contributed by atoms with Crippen LogP contribution in [0.2, 0.25) is 0 Å². The minimum Gasteiger partial charge on any atom is -0.462 e. The third-order valence-electron chi connectivity index (χ3n) is 15.9. The molecule has 26 heteroatoms. The van der Waals surface area contributed by atoms with Crippen molar-refractivity contribution in [3.63, 3.8) is 0 Å². The molecule has 1 aromatic heterocycles. The normalized spacial score (nSPS) is 35.6. The molecular weight excluding hydrogens is 1150 g/mol. The number of methoxy groups -OCH3 is 2. The SMILES string of the molecule is C=CCO.CC[C@H]1OC(=O)C[C@@H](O)[C@H](C)[C@H](O[C@H]2O[C@H](C)[C@@H](O[C@H]3C[C@@](C)(O)[C@@H](O)[C@H](C)O3)[C@@H](N(C)C)[C@H]2O)[C@@H](CC=O)C[C@@H](C)C(=O)C=CC(C)=C[C@@H]1CO[C@@H]1O[C@H](C)[C@@H](O)[C@@H](OC)[C@H]1OC.Cc1cc(C)nc(NS(=O)(=O)c2ccc(N)cc2)n1. The van der Waals surface area contributed by atoms with Crippen LogP contribution in [0.15, 0.2) is 71.7 Å². The number of allylic oxidation sites excluding steroid dienone is 3. The van der Waals surface area contributed by atoms with Crippen LogP contribution < -0.4 is 10.5 Å². The molecular formula is C61H97N5O20S. The topological polar surface area (TPSA) is 357 Å². The number of nitrogens with two attached hydrogens (primary N) is 1. The number of likely N-dealkylation sites (N-methyl/N-ethyl adjacent to an activating group) is 1. The first-order chi connectivity index (χ1) is 40.9. The number of aromatic nitrogens is 2. The average Bonchev–Trinajstić information content (AvgIpc) is 1.31. The number of carbonyl (C=O) groups excluding carboxylic acids is 3. The Morgan fingerprint density at radius 3 is 2.02 bits per heavy atom. The van der Waals surface area contributed by atoms with E-state index in [9.17, 15) is 48.3 Å². The predicted octanol–water partition coefficient (Wildman–Crippen LogP) is 3.47. The van der Waals surface area contributed by atoms with Crippen molar-refractivity contribution in [1.82, 2.24) is 14.9 Å². The van der Waals surface area contributed by atoms with Crippen LogP contribution >= 0.6 is 0 Å². The Hall–Kier alpha value is -4.72. The lowest BCUT2D eigenvalue weighted by Crippen LogP contribution is -2.65. The molecule has 5 heterocycles. The Labute approximate surface area is 512 Å². The Morgan fingerprint density at radius 2 is 1.47 bits per heavy atom. The van der Waals surface area contributed by atoms with Crippen molar-refractivity contribution < 1.29 is 96.1 Å². The molecule has 3 fully saturated rings. The van der Waals surface area contributed by atoms with Gasteiger partial charge in [0.25, 0.3) is 10.0 Å². The van der Waals surface area contributed by atoms with Gasteiger partial charge in [-0.15, -0.1) is 6.58 Å². The van der Waals surface area contributed by atoms with E-state index in [1.54, 1.807) is 79.6 Å². The van der Waals surface area contributed by atoms with E-state index in [1.165, 1.54) is 57.6 Å². The van der Waals surface area contributed by atoms with Crippen molar-refractivity contribution in [2.24, 2.45) is 23.7 Å². The second-order valence-corrected chi connectivity index (χ2v) is 25.0. The summed E-state index contributed by atoms with van der Waals surface area (Å²) in [5.74, 6) is -3.52. The van der Waals surface area contributed by atoms with E-state index >= 15 is 0 Å². The highest BCUT2D eigenvalue weighted by atomic mass is 32.2. The molecule has 1 aromatic carbocycles. The van der Waals surface area contributed by atoms with Crippen molar-refractivity contribution in [3.8, 4) is 0 Å². The number of aryl methyl sites for hydroxylation is 2. The lowest BCUT2D eigenvalue weighted by molar-refractivity contribution is -0.341. The molecule has 25 nitrogen and oxygen atoms in total. The monoisotopic (exact) mass is 1250 g/mol. The molecule has 0 saturated carbocycles. The number of aliphatic hydroxyl groups is 6. The maximum Gasteiger partial charge on any atom is 0.308 e. The molecule has 0 spiro atoms. The number of esters is 1. The van der Waals surface area contributed by atoms with Crippen molar-refractivity contribution in [1.29, 1.82) is 0 Å². The van der Waals surface area contributed by atoms with Gasteiger partial charge < -0.3 is 88.7 Å². The fraction of sp³-hybridized carbons (Fsp3) is 0.689. The predicted molar refractivity (Wildman–Crippen MR) is 321 cm³/mol. The Balaban J connectivity index is 0.000000584. The summed E-state index contributed by atoms with van der Waals surface area (Å²) in [7, 11) is 2.74. The first-order valence-corrected chi connectivity index (χ1v) is 30.9. The molecule has 4 aliphatic rings. The highest BCUT2D eigenvalue weighted by Gasteiger charge is 2.52. The number of benzene rings is 1. The number of carbonyl (C=O) groups is 3. The summed E-state index contributed by atoms with van der Waals surface area (Å²) >= 11 is 0. The molecule has 87 heavy (non-hydrogen) atoms. The van der Waals surface area contributed by atoms with Crippen LogP contribution in [0.5, 0.6) is 0 Å². The number of ketones is 1. The number of anilines is 2. The molecule has 0 bridgehead atoms. The third-order valence-corrected chi connectivity index (χ3v) is 17.3. The largest absolute Gasteiger partial charge is 0.462 e. The highest BCUT2D eigenvalue weighted by molar-refractivity contribution is 7.92. The maximum atomic E-state index is 13.8. The summed E-state index contributed by atoms with van der Waals surface area (Å²) in [6.45, 7) is 20.5. The summed E-state index contributed by atoms with van der Waals surface area (Å²) in [5.41, 5.74) is 6.61. The molecule has 3 saturated heterocycles. The number of nitrogens with one attached hydrogen (secondary N) is 1. The lowest BCUT2D eigenvalue weighted by atomic mass is 9.79. The number of aldehydes is 1. The van der Waals surface area contributed by atoms with E-state index < -0.39 is 150 Å². The Kier molecular flexibility index (Phi) is 29.6. The summed E-state index contributed by atoms with van der Waals surface area (Å²) in [5, 5.41) is 63.5. The van der Waals surface area contributed by atoms with Gasteiger partial charge in [-0.25, -0.2) is 23.1 Å². The highest BCUT2D eigenvalue weighted by Crippen LogP contribution is 2.38. The average molecular weight is 1250 g/mol. The number of nitrogen functional groups attached to an aromatic ring is 1. The molecule has 0 amide bonds. The molecule has 4 aliphatic heterocycles. The fourth-order valence-corrected chi connectivity index (χ4v) is 12.1. The van der Waals surface area contributed by atoms with Crippen molar-refractivity contribution >= 4 is 39.7 Å². The number of hydrogen-bond acceptors (Lipinski definition) is 24. The van der Waals surface area contributed by atoms with Gasteiger partial charge in [0.2, 0.25) is 5.95 Å². The summed E-state index contributed by atoms with van der Waals surface area (Å²) < 4.78 is 81.2. The molecule has 6 rings (SSSR count). The Morgan fingerprint density at radius 1 is 0.862 bits per heavy atom. The van der Waals surface area contributed by atoms with Crippen LogP contribution in [0.25, 0.3) is 0 Å². The zero-order valence-electron chi connectivity index (χ0n) is 52.7. The standard InChI is InChI=1S/C46H77NO17.C12H14N4O2S.C3H6O/c1-13-33-30(22-58-45-42(57-12)41(56-11)37(52)26(5)60-45)18-23(2)14-15-31(49)24(3)19-29(16-17-48)39(25(4)32(50)20-34(51)62-33)64-44-38(53)36(47(9)10)40(27(6)61-44)63-35-21-46(8,55)43(54)28(7)59-35;1-8-7-9(2)15-12(14-8)16-19(17,18)11-5-3-10(13)4-6-11;1-2-3-4/h14-15,17-18,24-30,32-33,35-45,50,52-55H,13,16,19-22H2,1-12H3;3-7H,13H2,1-2H3,(H,14,15,16);2,4H,1,3H2/t24-,25+,26-,27-,28+,29+,30-,32-,33-,35+,36+,37-,38-,39+,40-,41-,42-,43+,44-,45-,46-;;/m1../s1. The van der Waals surface area contributed by atoms with Crippen molar-refractivity contribution in [2.45, 2.75) is 210 Å². The van der Waals surface area contributed by atoms with Gasteiger partial charge in [0.15, 0.2) is 24.7 Å². The van der Waals surface area contributed by atoms with Gasteiger partial charge >= 0.3 is 5.97 Å². The quantitative estimate of drug-likeness (QED) is 0.0486. The number of nitrogens with zero attached hydrogens (tertiary/aromatic N) is 3.